The number of nitrogens with zero attached hydrogens (tertiary/aromatic N) is 4. The van der Waals surface area contributed by atoms with Crippen molar-refractivity contribution in [1.82, 2.24) is 20.2 Å². The van der Waals surface area contributed by atoms with Crippen molar-refractivity contribution in [3.8, 4) is 5.69 Å². The van der Waals surface area contributed by atoms with Crippen molar-refractivity contribution >= 4 is 27.5 Å². The van der Waals surface area contributed by atoms with E-state index in [0.29, 0.717) is 10.9 Å². The van der Waals surface area contributed by atoms with Crippen molar-refractivity contribution in [3.05, 3.63) is 33.5 Å². The Morgan fingerprint density at radius 1 is 1.21 bits per heavy atom. The zero-order chi connectivity index (χ0) is 13.2. The maximum Gasteiger partial charge on any atom is 0.159 e. The molecule has 3 rings (SSSR count). The fourth-order valence-electron chi connectivity index (χ4n) is 2.61. The SMILES string of the molecule is Clc1cc(-n2nnnc2C2CCCCC2)ccc1Br. The molecule has 0 aliphatic heterocycles. The number of benzene rings is 1. The van der Waals surface area contributed by atoms with Crippen LogP contribution in [0.1, 0.15) is 43.8 Å². The van der Waals surface area contributed by atoms with Crippen LogP contribution in [0.2, 0.25) is 5.02 Å². The highest BCUT2D eigenvalue weighted by Gasteiger charge is 2.22. The van der Waals surface area contributed by atoms with Crippen molar-refractivity contribution in [3.63, 3.8) is 0 Å². The van der Waals surface area contributed by atoms with Crippen molar-refractivity contribution in [2.24, 2.45) is 0 Å². The normalized spacial score (nSPS) is 16.7. The van der Waals surface area contributed by atoms with Crippen LogP contribution in [0.25, 0.3) is 5.69 Å². The molecule has 1 saturated carbocycles. The fourth-order valence-corrected chi connectivity index (χ4v) is 3.03. The first-order valence-electron chi connectivity index (χ1n) is 6.49. The molecule has 0 bridgehead atoms. The van der Waals surface area contributed by atoms with Crippen molar-refractivity contribution < 1.29 is 0 Å². The lowest BCUT2D eigenvalue weighted by atomic mass is 9.89. The van der Waals surface area contributed by atoms with Gasteiger partial charge in [-0.15, -0.1) is 5.10 Å². The second-order valence-corrected chi connectivity index (χ2v) is 6.14. The second kappa shape index (κ2) is 5.59. The Morgan fingerprint density at radius 2 is 2.00 bits per heavy atom. The maximum atomic E-state index is 6.14. The maximum absolute atomic E-state index is 6.14. The molecule has 6 heteroatoms. The monoisotopic (exact) mass is 340 g/mol. The van der Waals surface area contributed by atoms with Crippen LogP contribution in [0.3, 0.4) is 0 Å². The lowest BCUT2D eigenvalue weighted by Gasteiger charge is -2.20. The van der Waals surface area contributed by atoms with E-state index in [0.717, 1.165) is 16.0 Å². The molecule has 1 aromatic carbocycles. The molecule has 0 amide bonds. The highest BCUT2D eigenvalue weighted by Crippen LogP contribution is 2.32. The van der Waals surface area contributed by atoms with Crippen LogP contribution >= 0.6 is 27.5 Å². The molecule has 0 N–H and O–H groups in total. The molecule has 1 heterocycles. The van der Waals surface area contributed by atoms with E-state index in [1.165, 1.54) is 32.1 Å². The van der Waals surface area contributed by atoms with Crippen LogP contribution < -0.4 is 0 Å². The first-order chi connectivity index (χ1) is 9.25. The van der Waals surface area contributed by atoms with Crippen LogP contribution in [-0.4, -0.2) is 20.2 Å². The highest BCUT2D eigenvalue weighted by molar-refractivity contribution is 9.10. The predicted octanol–water partition coefficient (Wildman–Crippen LogP) is 4.13. The highest BCUT2D eigenvalue weighted by atomic mass is 79.9. The van der Waals surface area contributed by atoms with Gasteiger partial charge in [-0.1, -0.05) is 30.9 Å². The van der Waals surface area contributed by atoms with Gasteiger partial charge in [-0.05, 0) is 57.4 Å². The summed E-state index contributed by atoms with van der Waals surface area (Å²) < 4.78 is 2.69. The van der Waals surface area contributed by atoms with Gasteiger partial charge in [0.2, 0.25) is 0 Å². The third kappa shape index (κ3) is 2.67. The van der Waals surface area contributed by atoms with Crippen molar-refractivity contribution in [2.75, 3.05) is 0 Å². The largest absolute Gasteiger partial charge is 0.197 e. The van der Waals surface area contributed by atoms with Crippen molar-refractivity contribution in [2.45, 2.75) is 38.0 Å². The molecule has 1 aliphatic carbocycles. The Balaban J connectivity index is 1.96. The minimum absolute atomic E-state index is 0.464. The summed E-state index contributed by atoms with van der Waals surface area (Å²) in [6.07, 6.45) is 6.19. The molecule has 0 spiro atoms. The molecule has 1 aliphatic rings. The molecule has 19 heavy (non-hydrogen) atoms. The summed E-state index contributed by atoms with van der Waals surface area (Å²) in [5.41, 5.74) is 0.916. The Labute approximate surface area is 125 Å². The van der Waals surface area contributed by atoms with Crippen LogP contribution in [0, 0.1) is 0 Å². The molecule has 2 aromatic rings. The summed E-state index contributed by atoms with van der Waals surface area (Å²) in [6.45, 7) is 0. The molecule has 100 valence electrons. The van der Waals surface area contributed by atoms with Gasteiger partial charge in [0.05, 0.1) is 10.7 Å². The summed E-state index contributed by atoms with van der Waals surface area (Å²) in [5, 5.41) is 12.8. The topological polar surface area (TPSA) is 43.6 Å². The first-order valence-corrected chi connectivity index (χ1v) is 7.66. The zero-order valence-corrected chi connectivity index (χ0v) is 12.7. The minimum Gasteiger partial charge on any atom is -0.197 e. The van der Waals surface area contributed by atoms with Crippen LogP contribution in [-0.2, 0) is 0 Å². The quantitative estimate of drug-likeness (QED) is 0.825. The third-order valence-corrected chi connectivity index (χ3v) is 4.84. The van der Waals surface area contributed by atoms with Gasteiger partial charge in [-0.3, -0.25) is 0 Å². The molecule has 1 fully saturated rings. The number of aromatic nitrogens is 4. The summed E-state index contributed by atoms with van der Waals surface area (Å²) in [6, 6.07) is 5.77. The van der Waals surface area contributed by atoms with E-state index >= 15 is 0 Å². The summed E-state index contributed by atoms with van der Waals surface area (Å²) in [5.74, 6) is 1.42. The third-order valence-electron chi connectivity index (χ3n) is 3.61. The number of halogens is 2. The number of hydrogen-bond acceptors (Lipinski definition) is 3. The Kier molecular flexibility index (Phi) is 3.84. The number of hydrogen-bond donors (Lipinski definition) is 0. The van der Waals surface area contributed by atoms with Gasteiger partial charge in [0.1, 0.15) is 0 Å². The van der Waals surface area contributed by atoms with Gasteiger partial charge in [-0.2, -0.15) is 4.68 Å². The van der Waals surface area contributed by atoms with E-state index < -0.39 is 0 Å². The molecule has 0 atom stereocenters. The van der Waals surface area contributed by atoms with Crippen LogP contribution in [0.4, 0.5) is 0 Å². The van der Waals surface area contributed by atoms with E-state index in [9.17, 15) is 0 Å². The van der Waals surface area contributed by atoms with Gasteiger partial charge >= 0.3 is 0 Å². The average Bonchev–Trinajstić information content (AvgIpc) is 2.92. The predicted molar refractivity (Wildman–Crippen MR) is 77.7 cm³/mol. The summed E-state index contributed by atoms with van der Waals surface area (Å²) in [4.78, 5) is 0. The number of tetrazole rings is 1. The Morgan fingerprint density at radius 3 is 2.74 bits per heavy atom. The average molecular weight is 342 g/mol. The first kappa shape index (κ1) is 13.1. The van der Waals surface area contributed by atoms with E-state index in [-0.39, 0.29) is 0 Å². The van der Waals surface area contributed by atoms with Gasteiger partial charge in [0.25, 0.3) is 0 Å². The minimum atomic E-state index is 0.464. The standard InChI is InChI=1S/C13H14BrClN4/c14-11-7-6-10(8-12(11)15)19-13(16-17-18-19)9-4-2-1-3-5-9/h6-9H,1-5H2. The Bertz CT molecular complexity index is 578. The van der Waals surface area contributed by atoms with Gasteiger partial charge in [-0.25, -0.2) is 0 Å². The van der Waals surface area contributed by atoms with Gasteiger partial charge in [0.15, 0.2) is 5.82 Å². The van der Waals surface area contributed by atoms with Crippen LogP contribution in [0.15, 0.2) is 22.7 Å². The van der Waals surface area contributed by atoms with Gasteiger partial charge < -0.3 is 0 Å². The summed E-state index contributed by atoms with van der Waals surface area (Å²) >= 11 is 9.53. The molecule has 0 saturated heterocycles. The molecule has 0 unspecified atom stereocenters. The van der Waals surface area contributed by atoms with Gasteiger partial charge in [0, 0.05) is 10.4 Å². The summed E-state index contributed by atoms with van der Waals surface area (Å²) in [7, 11) is 0. The molecule has 0 radical (unpaired) electrons. The van der Waals surface area contributed by atoms with E-state index in [2.05, 4.69) is 31.5 Å². The lowest BCUT2D eigenvalue weighted by Crippen LogP contribution is -2.12. The molecule has 4 nitrogen and oxygen atoms in total. The lowest BCUT2D eigenvalue weighted by molar-refractivity contribution is 0.422. The fraction of sp³-hybridized carbons (Fsp3) is 0.462. The molecule has 1 aromatic heterocycles. The van der Waals surface area contributed by atoms with Crippen LogP contribution in [0.5, 0.6) is 0 Å². The smallest absolute Gasteiger partial charge is 0.159 e. The second-order valence-electron chi connectivity index (χ2n) is 4.88. The molecular weight excluding hydrogens is 328 g/mol. The Hall–Kier alpha value is -0.940. The number of rotatable bonds is 2. The van der Waals surface area contributed by atoms with E-state index in [1.54, 1.807) is 0 Å². The van der Waals surface area contributed by atoms with E-state index in [4.69, 9.17) is 11.6 Å². The zero-order valence-electron chi connectivity index (χ0n) is 10.4. The van der Waals surface area contributed by atoms with Crippen molar-refractivity contribution in [1.29, 1.82) is 0 Å². The molecular formula is C13H14BrClN4. The van der Waals surface area contributed by atoms with E-state index in [1.807, 2.05) is 22.9 Å².